The van der Waals surface area contributed by atoms with E-state index < -0.39 is 0 Å². The van der Waals surface area contributed by atoms with Crippen molar-refractivity contribution < 1.29 is 13.7 Å². The topological polar surface area (TPSA) is 75.6 Å². The summed E-state index contributed by atoms with van der Waals surface area (Å²) in [4.78, 5) is 20.8. The third kappa shape index (κ3) is 3.61. The Morgan fingerprint density at radius 3 is 2.57 bits per heavy atom. The fourth-order valence-corrected chi connectivity index (χ4v) is 2.49. The van der Waals surface area contributed by atoms with Crippen molar-refractivity contribution in [1.29, 1.82) is 0 Å². The summed E-state index contributed by atoms with van der Waals surface area (Å²) in [5.41, 5.74) is 0.488. The Morgan fingerprint density at radius 1 is 1.26 bits per heavy atom. The van der Waals surface area contributed by atoms with E-state index in [9.17, 15) is 4.79 Å². The summed E-state index contributed by atoms with van der Waals surface area (Å²) < 4.78 is 10.3. The quantitative estimate of drug-likeness (QED) is 0.860. The molecule has 0 atom stereocenters. The number of amides is 1. The summed E-state index contributed by atoms with van der Waals surface area (Å²) in [6.07, 6.45) is 3.01. The molecule has 1 aliphatic rings. The number of piperazine rings is 1. The number of furan rings is 1. The fourth-order valence-electron chi connectivity index (χ4n) is 2.49. The fraction of sp³-hybridized carbons (Fsp3) is 0.562. The standard InChI is InChI=1S/C16H22N4O3/c1-16(2,3)15-17-13(23-18-15)10-19-5-7-20(8-6-19)14(21)12-4-9-22-11-12/h4,9,11H,5-8,10H2,1-3H3. The minimum Gasteiger partial charge on any atom is -0.472 e. The Bertz CT molecular complexity index is 649. The van der Waals surface area contributed by atoms with Gasteiger partial charge in [0.05, 0.1) is 18.4 Å². The van der Waals surface area contributed by atoms with E-state index in [1.165, 1.54) is 12.5 Å². The summed E-state index contributed by atoms with van der Waals surface area (Å²) >= 11 is 0. The van der Waals surface area contributed by atoms with Gasteiger partial charge in [0.1, 0.15) is 6.26 Å². The van der Waals surface area contributed by atoms with Gasteiger partial charge in [0, 0.05) is 31.6 Å². The molecule has 0 radical (unpaired) electrons. The summed E-state index contributed by atoms with van der Waals surface area (Å²) in [6, 6.07) is 1.70. The van der Waals surface area contributed by atoms with Gasteiger partial charge in [-0.2, -0.15) is 4.98 Å². The molecule has 1 amide bonds. The lowest BCUT2D eigenvalue weighted by Crippen LogP contribution is -2.48. The van der Waals surface area contributed by atoms with E-state index in [1.54, 1.807) is 6.07 Å². The zero-order chi connectivity index (χ0) is 16.4. The van der Waals surface area contributed by atoms with Crippen LogP contribution in [0.25, 0.3) is 0 Å². The van der Waals surface area contributed by atoms with Gasteiger partial charge in [0.15, 0.2) is 5.82 Å². The number of rotatable bonds is 3. The molecule has 0 N–H and O–H groups in total. The van der Waals surface area contributed by atoms with Crippen LogP contribution in [-0.2, 0) is 12.0 Å². The summed E-state index contributed by atoms with van der Waals surface area (Å²) in [5.74, 6) is 1.37. The van der Waals surface area contributed by atoms with Gasteiger partial charge in [-0.3, -0.25) is 9.69 Å². The van der Waals surface area contributed by atoms with E-state index in [0.717, 1.165) is 18.9 Å². The molecular weight excluding hydrogens is 296 g/mol. The highest BCUT2D eigenvalue weighted by atomic mass is 16.5. The van der Waals surface area contributed by atoms with Gasteiger partial charge in [-0.1, -0.05) is 25.9 Å². The lowest BCUT2D eigenvalue weighted by atomic mass is 9.96. The van der Waals surface area contributed by atoms with Crippen LogP contribution in [0.15, 0.2) is 27.5 Å². The number of aromatic nitrogens is 2. The maximum atomic E-state index is 12.2. The third-order valence-electron chi connectivity index (χ3n) is 3.93. The molecule has 2 aromatic heterocycles. The van der Waals surface area contributed by atoms with E-state index in [0.29, 0.717) is 31.1 Å². The van der Waals surface area contributed by atoms with E-state index in [2.05, 4.69) is 35.8 Å². The molecule has 1 fully saturated rings. The van der Waals surface area contributed by atoms with Crippen molar-refractivity contribution >= 4 is 5.91 Å². The summed E-state index contributed by atoms with van der Waals surface area (Å²) in [6.45, 7) is 9.74. The van der Waals surface area contributed by atoms with Crippen molar-refractivity contribution in [3.8, 4) is 0 Å². The normalized spacial score (nSPS) is 16.7. The van der Waals surface area contributed by atoms with E-state index >= 15 is 0 Å². The molecule has 3 rings (SSSR count). The minimum atomic E-state index is -0.114. The second-order valence-electron chi connectivity index (χ2n) is 6.84. The van der Waals surface area contributed by atoms with Crippen LogP contribution in [0.4, 0.5) is 0 Å². The lowest BCUT2D eigenvalue weighted by molar-refractivity contribution is 0.0614. The number of hydrogen-bond donors (Lipinski definition) is 0. The molecule has 7 heteroatoms. The molecular formula is C16H22N4O3. The first-order chi connectivity index (χ1) is 10.9. The van der Waals surface area contributed by atoms with Crippen molar-refractivity contribution in [3.63, 3.8) is 0 Å². The Hall–Kier alpha value is -2.15. The van der Waals surface area contributed by atoms with Crippen LogP contribution in [0.5, 0.6) is 0 Å². The molecule has 0 bridgehead atoms. The van der Waals surface area contributed by atoms with Crippen LogP contribution in [0.1, 0.15) is 42.8 Å². The zero-order valence-corrected chi connectivity index (χ0v) is 13.8. The van der Waals surface area contributed by atoms with Crippen LogP contribution in [0.2, 0.25) is 0 Å². The van der Waals surface area contributed by atoms with Gasteiger partial charge in [-0.15, -0.1) is 0 Å². The number of hydrogen-bond acceptors (Lipinski definition) is 6. The first-order valence-corrected chi connectivity index (χ1v) is 7.80. The summed E-state index contributed by atoms with van der Waals surface area (Å²) in [5, 5.41) is 4.04. The molecule has 0 aliphatic carbocycles. The van der Waals surface area contributed by atoms with Crippen LogP contribution in [0, 0.1) is 0 Å². The maximum absolute atomic E-state index is 12.2. The van der Waals surface area contributed by atoms with E-state index in [4.69, 9.17) is 8.94 Å². The van der Waals surface area contributed by atoms with Crippen molar-refractivity contribution in [2.45, 2.75) is 32.7 Å². The van der Waals surface area contributed by atoms with Crippen LogP contribution in [0.3, 0.4) is 0 Å². The average Bonchev–Trinajstić information content (AvgIpc) is 3.18. The molecule has 1 aliphatic heterocycles. The third-order valence-corrected chi connectivity index (χ3v) is 3.93. The SMILES string of the molecule is CC(C)(C)c1noc(CN2CCN(C(=O)c3ccoc3)CC2)n1. The highest BCUT2D eigenvalue weighted by Crippen LogP contribution is 2.19. The molecule has 0 spiro atoms. The van der Waals surface area contributed by atoms with Crippen LogP contribution < -0.4 is 0 Å². The number of nitrogens with zero attached hydrogens (tertiary/aromatic N) is 4. The van der Waals surface area contributed by atoms with Crippen LogP contribution in [-0.4, -0.2) is 52.0 Å². The minimum absolute atomic E-state index is 0.0196. The molecule has 2 aromatic rings. The van der Waals surface area contributed by atoms with Crippen molar-refractivity contribution in [2.24, 2.45) is 0 Å². The number of carbonyl (C=O) groups is 1. The smallest absolute Gasteiger partial charge is 0.257 e. The molecule has 0 unspecified atom stereocenters. The monoisotopic (exact) mass is 318 g/mol. The molecule has 124 valence electrons. The summed E-state index contributed by atoms with van der Waals surface area (Å²) in [7, 11) is 0. The average molecular weight is 318 g/mol. The molecule has 23 heavy (non-hydrogen) atoms. The van der Waals surface area contributed by atoms with E-state index in [1.807, 2.05) is 4.90 Å². The Balaban J connectivity index is 1.53. The Morgan fingerprint density at radius 2 is 2.00 bits per heavy atom. The molecule has 1 saturated heterocycles. The van der Waals surface area contributed by atoms with Gasteiger partial charge in [-0.25, -0.2) is 0 Å². The second-order valence-corrected chi connectivity index (χ2v) is 6.84. The zero-order valence-electron chi connectivity index (χ0n) is 13.8. The van der Waals surface area contributed by atoms with Gasteiger partial charge >= 0.3 is 0 Å². The number of carbonyl (C=O) groups excluding carboxylic acids is 1. The second kappa shape index (κ2) is 6.16. The Labute approximate surface area is 135 Å². The molecule has 0 saturated carbocycles. The van der Waals surface area contributed by atoms with Crippen molar-refractivity contribution in [1.82, 2.24) is 19.9 Å². The predicted molar refractivity (Wildman–Crippen MR) is 82.9 cm³/mol. The largest absolute Gasteiger partial charge is 0.472 e. The van der Waals surface area contributed by atoms with Crippen molar-refractivity contribution in [2.75, 3.05) is 26.2 Å². The highest BCUT2D eigenvalue weighted by Gasteiger charge is 2.25. The first-order valence-electron chi connectivity index (χ1n) is 7.80. The molecule has 3 heterocycles. The predicted octanol–water partition coefficient (Wildman–Crippen LogP) is 1.92. The van der Waals surface area contributed by atoms with E-state index in [-0.39, 0.29) is 11.3 Å². The molecule has 7 nitrogen and oxygen atoms in total. The van der Waals surface area contributed by atoms with Crippen molar-refractivity contribution in [3.05, 3.63) is 35.9 Å². The van der Waals surface area contributed by atoms with Gasteiger partial charge in [0.2, 0.25) is 5.89 Å². The van der Waals surface area contributed by atoms with Gasteiger partial charge < -0.3 is 13.8 Å². The van der Waals surface area contributed by atoms with Gasteiger partial charge in [0.25, 0.3) is 5.91 Å². The van der Waals surface area contributed by atoms with Gasteiger partial charge in [-0.05, 0) is 6.07 Å². The first kappa shape index (κ1) is 15.7. The Kier molecular flexibility index (Phi) is 4.21. The van der Waals surface area contributed by atoms with Crippen LogP contribution >= 0.6 is 0 Å². The molecule has 0 aromatic carbocycles. The lowest BCUT2D eigenvalue weighted by Gasteiger charge is -2.33. The highest BCUT2D eigenvalue weighted by molar-refractivity contribution is 5.93. The maximum Gasteiger partial charge on any atom is 0.257 e.